The number of aromatic nitrogens is 1. The summed E-state index contributed by atoms with van der Waals surface area (Å²) in [5.74, 6) is -0.0749. The third kappa shape index (κ3) is 4.81. The van der Waals surface area contributed by atoms with E-state index in [0.29, 0.717) is 48.9 Å². The van der Waals surface area contributed by atoms with E-state index in [-0.39, 0.29) is 12.0 Å². The molecule has 2 amide bonds. The van der Waals surface area contributed by atoms with Gasteiger partial charge in [0, 0.05) is 42.7 Å². The lowest BCUT2D eigenvalue weighted by Gasteiger charge is -2.34. The Kier molecular flexibility index (Phi) is 6.84. The lowest BCUT2D eigenvalue weighted by molar-refractivity contribution is 0.0560. The van der Waals surface area contributed by atoms with E-state index in [9.17, 15) is 9.59 Å². The molecule has 1 saturated heterocycles. The van der Waals surface area contributed by atoms with E-state index in [1.807, 2.05) is 51.1 Å². The van der Waals surface area contributed by atoms with Crippen molar-refractivity contribution in [2.24, 2.45) is 0 Å². The van der Waals surface area contributed by atoms with Crippen LogP contribution in [0.4, 0.5) is 4.79 Å². The number of carbonyl (C=O) groups is 2. The van der Waals surface area contributed by atoms with Crippen molar-refractivity contribution in [3.63, 3.8) is 0 Å². The Balaban J connectivity index is 1.57. The van der Waals surface area contributed by atoms with E-state index >= 15 is 0 Å². The Morgan fingerprint density at radius 1 is 1.03 bits per heavy atom. The fourth-order valence-corrected chi connectivity index (χ4v) is 4.33. The monoisotopic (exact) mass is 465 g/mol. The van der Waals surface area contributed by atoms with Crippen LogP contribution in [0, 0.1) is 13.8 Å². The molecule has 0 unspecified atom stereocenters. The van der Waals surface area contributed by atoms with Gasteiger partial charge in [0.2, 0.25) is 0 Å². The predicted octanol–water partition coefficient (Wildman–Crippen LogP) is 5.48. The summed E-state index contributed by atoms with van der Waals surface area (Å²) in [6.07, 6.45) is 0.475. The number of amides is 2. The fourth-order valence-electron chi connectivity index (χ4n) is 4.08. The second-order valence-electron chi connectivity index (χ2n) is 8.39. The smallest absolute Gasteiger partial charge is 0.409 e. The van der Waals surface area contributed by atoms with Gasteiger partial charge in [0.25, 0.3) is 5.91 Å². The summed E-state index contributed by atoms with van der Waals surface area (Å²) in [5, 5.41) is 1.47. The molecule has 0 saturated carbocycles. The molecule has 1 fully saturated rings. The Morgan fingerprint density at radius 3 is 2.45 bits per heavy atom. The molecule has 0 atom stereocenters. The maximum atomic E-state index is 13.2. The van der Waals surface area contributed by atoms with E-state index in [0.717, 1.165) is 34.2 Å². The third-order valence-corrected chi connectivity index (χ3v) is 6.43. The van der Waals surface area contributed by atoms with Crippen molar-refractivity contribution in [2.75, 3.05) is 32.8 Å². The zero-order valence-corrected chi connectivity index (χ0v) is 20.0. The number of halogens is 1. The minimum atomic E-state index is -0.312. The molecule has 1 aromatic heterocycles. The molecule has 2 aromatic carbocycles. The number of piperazine rings is 1. The van der Waals surface area contributed by atoms with Crippen LogP contribution >= 0.6 is 11.6 Å². The number of aryl methyl sites for hydroxylation is 1. The molecule has 1 aliphatic heterocycles. The molecule has 172 valence electrons. The van der Waals surface area contributed by atoms with Crippen LogP contribution in [0.15, 0.2) is 42.5 Å². The van der Waals surface area contributed by atoms with Gasteiger partial charge < -0.3 is 14.5 Å². The first-order chi connectivity index (χ1) is 15.9. The number of benzene rings is 2. The van der Waals surface area contributed by atoms with Crippen molar-refractivity contribution >= 4 is 34.5 Å². The molecule has 1 aliphatic rings. The maximum Gasteiger partial charge on any atom is 0.409 e. The highest BCUT2D eigenvalue weighted by molar-refractivity contribution is 6.36. The summed E-state index contributed by atoms with van der Waals surface area (Å²) in [5.41, 5.74) is 5.13. The molecule has 2 heterocycles. The van der Waals surface area contributed by atoms with Crippen LogP contribution in [-0.2, 0) is 4.74 Å². The van der Waals surface area contributed by atoms with E-state index in [4.69, 9.17) is 21.3 Å². The second-order valence-corrected chi connectivity index (χ2v) is 8.77. The first-order valence-corrected chi connectivity index (χ1v) is 11.6. The van der Waals surface area contributed by atoms with Gasteiger partial charge in [0.05, 0.1) is 22.8 Å². The van der Waals surface area contributed by atoms with E-state index in [2.05, 4.69) is 6.07 Å². The average molecular weight is 466 g/mol. The first-order valence-electron chi connectivity index (χ1n) is 11.3. The van der Waals surface area contributed by atoms with Crippen molar-refractivity contribution in [3.05, 3.63) is 64.2 Å². The number of ether oxygens (including phenoxy) is 1. The molecule has 0 bridgehead atoms. The summed E-state index contributed by atoms with van der Waals surface area (Å²) in [6.45, 7) is 8.24. The van der Waals surface area contributed by atoms with E-state index < -0.39 is 0 Å². The molecule has 0 N–H and O–H groups in total. The van der Waals surface area contributed by atoms with Crippen molar-refractivity contribution in [1.82, 2.24) is 14.8 Å². The van der Waals surface area contributed by atoms with Crippen molar-refractivity contribution < 1.29 is 14.3 Å². The van der Waals surface area contributed by atoms with E-state index in [1.54, 1.807) is 15.9 Å². The van der Waals surface area contributed by atoms with Gasteiger partial charge in [-0.2, -0.15) is 0 Å². The fraction of sp³-hybridized carbons (Fsp3) is 0.346. The lowest BCUT2D eigenvalue weighted by Crippen LogP contribution is -2.50. The molecule has 33 heavy (non-hydrogen) atoms. The number of rotatable bonds is 4. The normalized spacial score (nSPS) is 13.9. The van der Waals surface area contributed by atoms with Gasteiger partial charge in [0.1, 0.15) is 0 Å². The zero-order valence-electron chi connectivity index (χ0n) is 19.2. The SMILES string of the molecule is CCCOC(=O)N1CCN(C(=O)c2ccc3c(Cl)c(C)c(-c4cccc(C)c4)nc3c2)CC1. The number of carbonyl (C=O) groups excluding carboxylic acids is 2. The summed E-state index contributed by atoms with van der Waals surface area (Å²) in [6, 6.07) is 13.6. The van der Waals surface area contributed by atoms with Gasteiger partial charge >= 0.3 is 6.09 Å². The molecule has 7 heteroatoms. The van der Waals surface area contributed by atoms with Crippen molar-refractivity contribution in [1.29, 1.82) is 0 Å². The van der Waals surface area contributed by atoms with Crippen molar-refractivity contribution in [3.8, 4) is 11.3 Å². The van der Waals surface area contributed by atoms with Crippen LogP contribution in [0.5, 0.6) is 0 Å². The molecular weight excluding hydrogens is 438 g/mol. The average Bonchev–Trinajstić information content (AvgIpc) is 2.84. The van der Waals surface area contributed by atoms with Crippen LogP contribution in [0.1, 0.15) is 34.8 Å². The van der Waals surface area contributed by atoms with Gasteiger partial charge in [-0.05, 0) is 44.0 Å². The molecule has 0 spiro atoms. The number of hydrogen-bond donors (Lipinski definition) is 0. The van der Waals surface area contributed by atoms with Crippen LogP contribution in [0.2, 0.25) is 5.02 Å². The number of pyridine rings is 1. The first kappa shape index (κ1) is 23.1. The van der Waals surface area contributed by atoms with Gasteiger partial charge in [-0.15, -0.1) is 0 Å². The minimum absolute atomic E-state index is 0.0749. The molecule has 3 aromatic rings. The van der Waals surface area contributed by atoms with Crippen LogP contribution in [0.25, 0.3) is 22.2 Å². The highest BCUT2D eigenvalue weighted by Crippen LogP contribution is 2.33. The number of hydrogen-bond acceptors (Lipinski definition) is 4. The largest absolute Gasteiger partial charge is 0.449 e. The van der Waals surface area contributed by atoms with Crippen LogP contribution < -0.4 is 0 Å². The summed E-state index contributed by atoms with van der Waals surface area (Å²) < 4.78 is 5.20. The Bertz CT molecular complexity index is 1200. The van der Waals surface area contributed by atoms with Gasteiger partial charge in [-0.25, -0.2) is 9.78 Å². The van der Waals surface area contributed by atoms with E-state index in [1.165, 1.54) is 0 Å². The highest BCUT2D eigenvalue weighted by Gasteiger charge is 2.26. The minimum Gasteiger partial charge on any atom is -0.449 e. The Hall–Kier alpha value is -3.12. The molecule has 0 radical (unpaired) electrons. The molecule has 6 nitrogen and oxygen atoms in total. The summed E-state index contributed by atoms with van der Waals surface area (Å²) >= 11 is 6.70. The van der Waals surface area contributed by atoms with Gasteiger partial charge in [-0.1, -0.05) is 48.4 Å². The highest BCUT2D eigenvalue weighted by atomic mass is 35.5. The maximum absolute atomic E-state index is 13.2. The molecule has 4 rings (SSSR count). The quantitative estimate of drug-likeness (QED) is 0.512. The van der Waals surface area contributed by atoms with Gasteiger partial charge in [0.15, 0.2) is 0 Å². The zero-order chi connectivity index (χ0) is 23.5. The van der Waals surface area contributed by atoms with Gasteiger partial charge in [-0.3, -0.25) is 4.79 Å². The third-order valence-electron chi connectivity index (χ3n) is 5.94. The predicted molar refractivity (Wildman–Crippen MR) is 131 cm³/mol. The number of nitrogens with zero attached hydrogens (tertiary/aromatic N) is 3. The van der Waals surface area contributed by atoms with Crippen molar-refractivity contribution in [2.45, 2.75) is 27.2 Å². The Labute approximate surface area is 199 Å². The standard InChI is InChI=1S/C26H28ClN3O3/c1-4-14-33-26(32)30-12-10-29(11-13-30)25(31)20-8-9-21-22(16-20)28-24(18(3)23(21)27)19-7-5-6-17(2)15-19/h5-9,15-16H,4,10-14H2,1-3H3. The Morgan fingerprint density at radius 2 is 1.76 bits per heavy atom. The molecular formula is C26H28ClN3O3. The summed E-state index contributed by atoms with van der Waals surface area (Å²) in [4.78, 5) is 33.5. The van der Waals surface area contributed by atoms with Crippen LogP contribution in [0.3, 0.4) is 0 Å². The summed E-state index contributed by atoms with van der Waals surface area (Å²) in [7, 11) is 0. The molecule has 0 aliphatic carbocycles. The lowest BCUT2D eigenvalue weighted by atomic mass is 10.0. The second kappa shape index (κ2) is 9.79. The van der Waals surface area contributed by atoms with Crippen LogP contribution in [-0.4, -0.2) is 59.6 Å². The topological polar surface area (TPSA) is 62.7 Å². The number of fused-ring (bicyclic) bond motifs is 1.